The van der Waals surface area contributed by atoms with E-state index in [1.165, 1.54) is 6.08 Å². The monoisotopic (exact) mass is 162 g/mol. The molecule has 0 spiro atoms. The summed E-state index contributed by atoms with van der Waals surface area (Å²) in [6.45, 7) is 7.20. The number of nitriles is 2. The molecule has 0 saturated heterocycles. The maximum absolute atomic E-state index is 8.01. The molecule has 0 aliphatic rings. The van der Waals surface area contributed by atoms with Crippen LogP contribution < -0.4 is 0 Å². The topological polar surface area (TPSA) is 47.6 Å². The minimum Gasteiger partial charge on any atom is -0.198 e. The molecule has 0 amide bonds. The van der Waals surface area contributed by atoms with Gasteiger partial charge in [-0.15, -0.1) is 6.58 Å². The van der Waals surface area contributed by atoms with Crippen LogP contribution in [0.15, 0.2) is 24.8 Å². The predicted molar refractivity (Wildman–Crippen MR) is 50.0 cm³/mol. The second kappa shape index (κ2) is 12.2. The van der Waals surface area contributed by atoms with Crippen molar-refractivity contribution in [1.29, 1.82) is 10.5 Å². The second-order valence-corrected chi connectivity index (χ2v) is 2.09. The molecule has 64 valence electrons. The first kappa shape index (κ1) is 13.1. The zero-order valence-electron chi connectivity index (χ0n) is 7.62. The Morgan fingerprint density at radius 1 is 1.50 bits per heavy atom. The molecule has 2 heteroatoms. The highest BCUT2D eigenvalue weighted by molar-refractivity contribution is 5.00. The van der Waals surface area contributed by atoms with Crippen LogP contribution in [0.5, 0.6) is 0 Å². The first-order chi connectivity index (χ1) is 5.72. The molecule has 0 N–H and O–H groups in total. The van der Waals surface area contributed by atoms with Gasteiger partial charge in [-0.05, 0) is 13.3 Å². The van der Waals surface area contributed by atoms with Gasteiger partial charge in [0.2, 0.25) is 0 Å². The summed E-state index contributed by atoms with van der Waals surface area (Å²) < 4.78 is 0. The van der Waals surface area contributed by atoms with Gasteiger partial charge in [0.05, 0.1) is 18.1 Å². The molecule has 0 rings (SSSR count). The zero-order valence-corrected chi connectivity index (χ0v) is 7.62. The maximum atomic E-state index is 8.01. The fourth-order valence-electron chi connectivity index (χ4n) is 0.223. The van der Waals surface area contributed by atoms with Gasteiger partial charge >= 0.3 is 0 Å². The Bertz CT molecular complexity index is 203. The summed E-state index contributed by atoms with van der Waals surface area (Å²) in [6.07, 6.45) is 5.87. The average Bonchev–Trinajstić information content (AvgIpc) is 2.14. The number of hydrogen-bond donors (Lipinski definition) is 0. The smallest absolute Gasteiger partial charge is 0.0908 e. The minimum atomic E-state index is 0.00463. The molecule has 0 aliphatic heterocycles. The van der Waals surface area contributed by atoms with Crippen molar-refractivity contribution < 1.29 is 0 Å². The Hall–Kier alpha value is -1.54. The molecule has 0 aromatic rings. The summed E-state index contributed by atoms with van der Waals surface area (Å²) in [5.41, 5.74) is 0. The summed E-state index contributed by atoms with van der Waals surface area (Å²) in [6, 6.07) is 3.88. The molecule has 0 fully saturated rings. The van der Waals surface area contributed by atoms with E-state index in [0.29, 0.717) is 0 Å². The van der Waals surface area contributed by atoms with Gasteiger partial charge in [0.1, 0.15) is 0 Å². The molecule has 0 radical (unpaired) electrons. The molecular formula is C10H14N2. The van der Waals surface area contributed by atoms with Crippen LogP contribution in [0, 0.1) is 28.6 Å². The van der Waals surface area contributed by atoms with Gasteiger partial charge in [0, 0.05) is 6.08 Å². The van der Waals surface area contributed by atoms with Crippen LogP contribution in [0.25, 0.3) is 0 Å². The number of hydrogen-bond acceptors (Lipinski definition) is 2. The van der Waals surface area contributed by atoms with Gasteiger partial charge in [-0.25, -0.2) is 0 Å². The molecule has 0 aliphatic carbocycles. The Morgan fingerprint density at radius 2 is 2.08 bits per heavy atom. The van der Waals surface area contributed by atoms with Crippen LogP contribution >= 0.6 is 0 Å². The van der Waals surface area contributed by atoms with E-state index in [2.05, 4.69) is 6.58 Å². The SMILES string of the molecule is C=CC(C)C#N.CC/C=C/C#N. The van der Waals surface area contributed by atoms with Gasteiger partial charge in [-0.3, -0.25) is 0 Å². The fraction of sp³-hybridized carbons (Fsp3) is 0.400. The van der Waals surface area contributed by atoms with Crippen molar-refractivity contribution in [2.75, 3.05) is 0 Å². The van der Waals surface area contributed by atoms with E-state index in [-0.39, 0.29) is 5.92 Å². The highest BCUT2D eigenvalue weighted by atomic mass is 14.2. The van der Waals surface area contributed by atoms with Crippen molar-refractivity contribution in [1.82, 2.24) is 0 Å². The molecule has 0 bridgehead atoms. The summed E-state index contributed by atoms with van der Waals surface area (Å²) >= 11 is 0. The van der Waals surface area contributed by atoms with Crippen molar-refractivity contribution in [2.45, 2.75) is 20.3 Å². The summed E-state index contributed by atoms with van der Waals surface area (Å²) in [7, 11) is 0. The molecular weight excluding hydrogens is 148 g/mol. The average molecular weight is 162 g/mol. The molecule has 0 aromatic carbocycles. The largest absolute Gasteiger partial charge is 0.198 e. The minimum absolute atomic E-state index is 0.00463. The van der Waals surface area contributed by atoms with Crippen LogP contribution in [0.1, 0.15) is 20.3 Å². The molecule has 0 heterocycles. The van der Waals surface area contributed by atoms with Crippen molar-refractivity contribution in [3.63, 3.8) is 0 Å². The van der Waals surface area contributed by atoms with Gasteiger partial charge in [0.25, 0.3) is 0 Å². The van der Waals surface area contributed by atoms with Crippen molar-refractivity contribution >= 4 is 0 Å². The lowest BCUT2D eigenvalue weighted by molar-refractivity contribution is 0.960. The highest BCUT2D eigenvalue weighted by Gasteiger charge is 1.83. The first-order valence-corrected chi connectivity index (χ1v) is 3.79. The van der Waals surface area contributed by atoms with Crippen LogP contribution in [0.4, 0.5) is 0 Å². The van der Waals surface area contributed by atoms with E-state index in [0.717, 1.165) is 6.42 Å². The lowest BCUT2D eigenvalue weighted by Gasteiger charge is -1.80. The maximum Gasteiger partial charge on any atom is 0.0908 e. The summed E-state index contributed by atoms with van der Waals surface area (Å²) in [5.74, 6) is 0.00463. The number of nitrogens with zero attached hydrogens (tertiary/aromatic N) is 2. The van der Waals surface area contributed by atoms with Crippen molar-refractivity contribution in [2.24, 2.45) is 5.92 Å². The lowest BCUT2D eigenvalue weighted by atomic mass is 10.2. The molecule has 0 aromatic heterocycles. The van der Waals surface area contributed by atoms with E-state index in [4.69, 9.17) is 10.5 Å². The zero-order chi connectivity index (χ0) is 9.82. The fourth-order valence-corrected chi connectivity index (χ4v) is 0.223. The third-order valence-corrected chi connectivity index (χ3v) is 0.985. The van der Waals surface area contributed by atoms with Crippen molar-refractivity contribution in [3.8, 4) is 12.1 Å². The van der Waals surface area contributed by atoms with Gasteiger partial charge in [-0.2, -0.15) is 10.5 Å². The van der Waals surface area contributed by atoms with Crippen LogP contribution in [0.2, 0.25) is 0 Å². The highest BCUT2D eigenvalue weighted by Crippen LogP contribution is 1.87. The standard InChI is InChI=1S/2C5H7N/c1-3-5(2)4-6;1-2-3-4-5-6/h3,5H,1H2,2H3;3-4H,2H2,1H3/b;4-3+. The number of allylic oxidation sites excluding steroid dienone is 3. The van der Waals surface area contributed by atoms with Crippen LogP contribution in [-0.2, 0) is 0 Å². The van der Waals surface area contributed by atoms with Gasteiger partial charge in [0.15, 0.2) is 0 Å². The Kier molecular flexibility index (Phi) is 13.3. The summed E-state index contributed by atoms with van der Waals surface area (Å²) in [4.78, 5) is 0. The molecule has 1 unspecified atom stereocenters. The quantitative estimate of drug-likeness (QED) is 0.463. The molecule has 1 atom stereocenters. The van der Waals surface area contributed by atoms with Crippen LogP contribution in [-0.4, -0.2) is 0 Å². The molecule has 2 nitrogen and oxygen atoms in total. The van der Waals surface area contributed by atoms with E-state index >= 15 is 0 Å². The van der Waals surface area contributed by atoms with Crippen molar-refractivity contribution in [3.05, 3.63) is 24.8 Å². The molecule has 0 saturated carbocycles. The first-order valence-electron chi connectivity index (χ1n) is 3.79. The lowest BCUT2D eigenvalue weighted by Crippen LogP contribution is -1.76. The van der Waals surface area contributed by atoms with Gasteiger partial charge in [-0.1, -0.05) is 19.1 Å². The third-order valence-electron chi connectivity index (χ3n) is 0.985. The van der Waals surface area contributed by atoms with E-state index in [1.807, 2.05) is 25.1 Å². The second-order valence-electron chi connectivity index (χ2n) is 2.09. The van der Waals surface area contributed by atoms with Gasteiger partial charge < -0.3 is 0 Å². The third kappa shape index (κ3) is 15.8. The Morgan fingerprint density at radius 3 is 2.17 bits per heavy atom. The number of rotatable bonds is 2. The normalized spacial score (nSPS) is 10.3. The van der Waals surface area contributed by atoms with E-state index in [9.17, 15) is 0 Å². The molecule has 12 heavy (non-hydrogen) atoms. The Labute approximate surface area is 74.4 Å². The van der Waals surface area contributed by atoms with E-state index in [1.54, 1.807) is 13.0 Å². The summed E-state index contributed by atoms with van der Waals surface area (Å²) in [5, 5.41) is 15.9. The predicted octanol–water partition coefficient (Wildman–Crippen LogP) is 2.81. The Balaban J connectivity index is 0. The van der Waals surface area contributed by atoms with E-state index < -0.39 is 0 Å². The van der Waals surface area contributed by atoms with Crippen LogP contribution in [0.3, 0.4) is 0 Å².